The topological polar surface area (TPSA) is 66.8 Å². The van der Waals surface area contributed by atoms with Gasteiger partial charge in [0.1, 0.15) is 11.6 Å². The van der Waals surface area contributed by atoms with Crippen molar-refractivity contribution in [2.45, 2.75) is 50.7 Å². The van der Waals surface area contributed by atoms with Crippen LogP contribution < -0.4 is 0 Å². The Morgan fingerprint density at radius 2 is 1.82 bits per heavy atom. The third-order valence-corrected chi connectivity index (χ3v) is 3.75. The van der Waals surface area contributed by atoms with Crippen molar-refractivity contribution in [3.8, 4) is 0 Å². The van der Waals surface area contributed by atoms with Crippen molar-refractivity contribution < 1.29 is 19.4 Å². The van der Waals surface area contributed by atoms with E-state index in [1.54, 1.807) is 14.0 Å². The van der Waals surface area contributed by atoms with Crippen molar-refractivity contribution in [2.75, 3.05) is 14.2 Å². The highest BCUT2D eigenvalue weighted by atomic mass is 16.5. The Balaban J connectivity index is 2.90. The van der Waals surface area contributed by atoms with Gasteiger partial charge in [-0.2, -0.15) is 0 Å². The van der Waals surface area contributed by atoms with Crippen molar-refractivity contribution >= 4 is 11.9 Å². The second-order valence-corrected chi connectivity index (χ2v) is 4.67. The van der Waals surface area contributed by atoms with E-state index in [1.165, 1.54) is 12.0 Å². The smallest absolute Gasteiger partial charge is 0.329 e. The molecule has 1 unspecified atom stereocenters. The monoisotopic (exact) mass is 243 g/mol. The Morgan fingerprint density at radius 3 is 2.24 bits per heavy atom. The number of carbonyl (C=O) groups is 2. The zero-order valence-corrected chi connectivity index (χ0v) is 10.7. The summed E-state index contributed by atoms with van der Waals surface area (Å²) in [5.74, 6) is -1.17. The summed E-state index contributed by atoms with van der Waals surface area (Å²) in [6, 6.07) is 0. The van der Waals surface area contributed by atoms with Gasteiger partial charge in [0.2, 0.25) is 0 Å². The fourth-order valence-corrected chi connectivity index (χ4v) is 2.41. The van der Waals surface area contributed by atoms with Crippen LogP contribution in [0.15, 0.2) is 0 Å². The summed E-state index contributed by atoms with van der Waals surface area (Å²) in [6.07, 6.45) is 3.20. The minimum Gasteiger partial charge on any atom is -0.479 e. The highest BCUT2D eigenvalue weighted by molar-refractivity contribution is 5.88. The lowest BCUT2D eigenvalue weighted by atomic mass is 9.80. The molecule has 0 saturated heterocycles. The first-order valence-electron chi connectivity index (χ1n) is 5.99. The van der Waals surface area contributed by atoms with Crippen LogP contribution in [0.25, 0.3) is 0 Å². The third-order valence-electron chi connectivity index (χ3n) is 3.75. The quantitative estimate of drug-likeness (QED) is 0.807. The molecule has 0 heterocycles. The van der Waals surface area contributed by atoms with Crippen LogP contribution in [0.4, 0.5) is 0 Å². The standard InChI is InChI=1S/C12H21NO4/c1-9(17-3)10(14)13(2)12(11(15)16)7-5-4-6-8-12/h9H,4-8H2,1-3H3,(H,15,16). The molecule has 1 N–H and O–H groups in total. The number of carbonyl (C=O) groups excluding carboxylic acids is 1. The maximum absolute atomic E-state index is 12.0. The van der Waals surface area contributed by atoms with Gasteiger partial charge >= 0.3 is 5.97 Å². The molecule has 98 valence electrons. The number of carboxylic acids is 1. The number of likely N-dealkylation sites (N-methyl/N-ethyl adjacent to an activating group) is 1. The second kappa shape index (κ2) is 5.49. The van der Waals surface area contributed by atoms with Crippen LogP contribution in [0, 0.1) is 0 Å². The molecule has 5 nitrogen and oxygen atoms in total. The van der Waals surface area contributed by atoms with Crippen molar-refractivity contribution in [1.29, 1.82) is 0 Å². The van der Waals surface area contributed by atoms with Gasteiger partial charge in [0.25, 0.3) is 5.91 Å². The van der Waals surface area contributed by atoms with Crippen molar-refractivity contribution in [3.63, 3.8) is 0 Å². The molecule has 17 heavy (non-hydrogen) atoms. The molecule has 1 amide bonds. The molecule has 0 aromatic heterocycles. The number of hydrogen-bond donors (Lipinski definition) is 1. The highest BCUT2D eigenvalue weighted by Gasteiger charge is 2.46. The summed E-state index contributed by atoms with van der Waals surface area (Å²) < 4.78 is 4.96. The summed E-state index contributed by atoms with van der Waals surface area (Å²) in [6.45, 7) is 1.64. The molecule has 1 fully saturated rings. The number of methoxy groups -OCH3 is 1. The number of hydrogen-bond acceptors (Lipinski definition) is 3. The molecule has 0 aromatic carbocycles. The first kappa shape index (κ1) is 14.0. The molecule has 0 radical (unpaired) electrons. The van der Waals surface area contributed by atoms with Gasteiger partial charge < -0.3 is 14.7 Å². The predicted molar refractivity (Wildman–Crippen MR) is 62.7 cm³/mol. The molecule has 5 heteroatoms. The first-order valence-corrected chi connectivity index (χ1v) is 5.99. The molecule has 0 bridgehead atoms. The summed E-state index contributed by atoms with van der Waals surface area (Å²) in [4.78, 5) is 24.9. The number of rotatable bonds is 4. The summed E-state index contributed by atoms with van der Waals surface area (Å²) in [5, 5.41) is 9.43. The molecule has 0 spiro atoms. The van der Waals surface area contributed by atoms with Crippen LogP contribution in [0.5, 0.6) is 0 Å². The van der Waals surface area contributed by atoms with E-state index in [9.17, 15) is 14.7 Å². The van der Waals surface area contributed by atoms with E-state index in [-0.39, 0.29) is 5.91 Å². The Morgan fingerprint density at radius 1 is 1.29 bits per heavy atom. The largest absolute Gasteiger partial charge is 0.479 e. The van der Waals surface area contributed by atoms with Gasteiger partial charge in [-0.15, -0.1) is 0 Å². The Kier molecular flexibility index (Phi) is 4.51. The molecular formula is C12H21NO4. The second-order valence-electron chi connectivity index (χ2n) is 4.67. The number of aliphatic carboxylic acids is 1. The zero-order valence-electron chi connectivity index (χ0n) is 10.7. The maximum atomic E-state index is 12.0. The van der Waals surface area contributed by atoms with E-state index >= 15 is 0 Å². The fraction of sp³-hybridized carbons (Fsp3) is 0.833. The van der Waals surface area contributed by atoms with E-state index in [4.69, 9.17) is 4.74 Å². The van der Waals surface area contributed by atoms with E-state index in [0.717, 1.165) is 19.3 Å². The van der Waals surface area contributed by atoms with Crippen LogP contribution in [0.2, 0.25) is 0 Å². The van der Waals surface area contributed by atoms with E-state index in [2.05, 4.69) is 0 Å². The van der Waals surface area contributed by atoms with Gasteiger partial charge in [0.15, 0.2) is 0 Å². The van der Waals surface area contributed by atoms with Gasteiger partial charge in [-0.3, -0.25) is 4.79 Å². The zero-order chi connectivity index (χ0) is 13.1. The lowest BCUT2D eigenvalue weighted by Gasteiger charge is -2.41. The SMILES string of the molecule is COC(C)C(=O)N(C)C1(C(=O)O)CCCCC1. The van der Waals surface area contributed by atoms with Crippen LogP contribution in [0.1, 0.15) is 39.0 Å². The van der Waals surface area contributed by atoms with E-state index < -0.39 is 17.6 Å². The van der Waals surface area contributed by atoms with Crippen LogP contribution >= 0.6 is 0 Å². The molecule has 1 atom stereocenters. The molecule has 1 saturated carbocycles. The van der Waals surface area contributed by atoms with Crippen LogP contribution in [0.3, 0.4) is 0 Å². The van der Waals surface area contributed by atoms with Crippen LogP contribution in [-0.2, 0) is 14.3 Å². The van der Waals surface area contributed by atoms with E-state index in [1.807, 2.05) is 0 Å². The normalized spacial score (nSPS) is 20.6. The molecule has 1 aliphatic carbocycles. The summed E-state index contributed by atoms with van der Waals surface area (Å²) >= 11 is 0. The number of amides is 1. The molecule has 0 aromatic rings. The molecule has 1 rings (SSSR count). The van der Waals surface area contributed by atoms with Gasteiger partial charge in [0, 0.05) is 14.2 Å². The Bertz CT molecular complexity index is 297. The van der Waals surface area contributed by atoms with E-state index in [0.29, 0.717) is 12.8 Å². The average molecular weight is 243 g/mol. The Labute approximate surface area is 102 Å². The van der Waals surface area contributed by atoms with Gasteiger partial charge in [-0.1, -0.05) is 19.3 Å². The van der Waals surface area contributed by atoms with Gasteiger partial charge in [-0.25, -0.2) is 4.79 Å². The third kappa shape index (κ3) is 2.60. The number of ether oxygens (including phenoxy) is 1. The molecule has 0 aliphatic heterocycles. The van der Waals surface area contributed by atoms with Crippen LogP contribution in [-0.4, -0.2) is 47.7 Å². The fourth-order valence-electron chi connectivity index (χ4n) is 2.41. The maximum Gasteiger partial charge on any atom is 0.329 e. The average Bonchev–Trinajstić information content (AvgIpc) is 2.36. The van der Waals surface area contributed by atoms with Gasteiger partial charge in [0.05, 0.1) is 0 Å². The number of nitrogens with zero attached hydrogens (tertiary/aromatic N) is 1. The summed E-state index contributed by atoms with van der Waals surface area (Å²) in [5.41, 5.74) is -1.04. The summed E-state index contributed by atoms with van der Waals surface area (Å²) in [7, 11) is 3.02. The van der Waals surface area contributed by atoms with Crippen molar-refractivity contribution in [3.05, 3.63) is 0 Å². The lowest BCUT2D eigenvalue weighted by Crippen LogP contribution is -2.58. The minimum atomic E-state index is -1.04. The molecular weight excluding hydrogens is 222 g/mol. The Hall–Kier alpha value is -1.10. The lowest BCUT2D eigenvalue weighted by molar-refractivity contribution is -0.164. The van der Waals surface area contributed by atoms with Gasteiger partial charge in [-0.05, 0) is 19.8 Å². The number of carboxylic acid groups (broad SMARTS) is 1. The van der Waals surface area contributed by atoms with Crippen molar-refractivity contribution in [2.24, 2.45) is 0 Å². The van der Waals surface area contributed by atoms with Crippen molar-refractivity contribution in [1.82, 2.24) is 4.90 Å². The molecule has 1 aliphatic rings. The first-order chi connectivity index (χ1) is 7.95. The minimum absolute atomic E-state index is 0.267. The highest BCUT2D eigenvalue weighted by Crippen LogP contribution is 2.33. The predicted octanol–water partition coefficient (Wildman–Crippen LogP) is 1.27.